The van der Waals surface area contributed by atoms with Crippen LogP contribution in [0.2, 0.25) is 0 Å². The van der Waals surface area contributed by atoms with Crippen LogP contribution in [0, 0.1) is 6.92 Å². The number of hydrogen-bond acceptors (Lipinski definition) is 2. The first-order valence-electron chi connectivity index (χ1n) is 3.07. The van der Waals surface area contributed by atoms with Crippen molar-refractivity contribution >= 4 is 0 Å². The second-order valence-electron chi connectivity index (χ2n) is 1.87. The average Bonchev–Trinajstić information content (AvgIpc) is 2.34. The molecule has 0 aliphatic heterocycles. The molecule has 0 saturated heterocycles. The van der Waals surface area contributed by atoms with Gasteiger partial charge < -0.3 is 0 Å². The number of hydrogen-bond donors (Lipinski definition) is 1. The van der Waals surface area contributed by atoms with Crippen LogP contribution in [-0.2, 0) is 6.42 Å². The van der Waals surface area contributed by atoms with Gasteiger partial charge in [0.15, 0.2) is 0 Å². The summed E-state index contributed by atoms with van der Waals surface area (Å²) in [7, 11) is 0. The van der Waals surface area contributed by atoms with Crippen LogP contribution in [0.4, 0.5) is 0 Å². The highest BCUT2D eigenvalue weighted by Crippen LogP contribution is 1.94. The minimum Gasteiger partial charge on any atom is -0.266 e. The smallest absolute Gasteiger partial charge is 0.150 e. The monoisotopic (exact) mass is 124 g/mol. The quantitative estimate of drug-likeness (QED) is 0.652. The van der Waals surface area contributed by atoms with Gasteiger partial charge in [-0.05, 0) is 6.42 Å². The maximum Gasteiger partial charge on any atom is 0.150 e. The molecule has 1 aromatic heterocycles. The standard InChI is InChI=1S/C6H10N3/c1-2-3-4-6-7-5-8-9-6/h5H,1-4H2,(H,7,8,9). The first-order chi connectivity index (χ1) is 4.43. The van der Waals surface area contributed by atoms with E-state index in [1.54, 1.807) is 6.33 Å². The van der Waals surface area contributed by atoms with Crippen molar-refractivity contribution in [2.75, 3.05) is 0 Å². The normalized spacial score (nSPS) is 9.89. The predicted octanol–water partition coefficient (Wildman–Crippen LogP) is 0.961. The summed E-state index contributed by atoms with van der Waals surface area (Å²) in [6, 6.07) is 0. The van der Waals surface area contributed by atoms with Gasteiger partial charge >= 0.3 is 0 Å². The summed E-state index contributed by atoms with van der Waals surface area (Å²) in [6.45, 7) is 3.72. The highest BCUT2D eigenvalue weighted by atomic mass is 15.2. The van der Waals surface area contributed by atoms with E-state index in [-0.39, 0.29) is 0 Å². The lowest BCUT2D eigenvalue weighted by molar-refractivity contribution is 0.788. The molecule has 1 heterocycles. The SMILES string of the molecule is [CH2]CCCc1nc[nH]n1. The van der Waals surface area contributed by atoms with E-state index in [0.29, 0.717) is 0 Å². The summed E-state index contributed by atoms with van der Waals surface area (Å²) >= 11 is 0. The van der Waals surface area contributed by atoms with Crippen molar-refractivity contribution in [3.8, 4) is 0 Å². The van der Waals surface area contributed by atoms with E-state index < -0.39 is 0 Å². The molecule has 0 bridgehead atoms. The number of rotatable bonds is 3. The van der Waals surface area contributed by atoms with E-state index in [2.05, 4.69) is 22.1 Å². The lowest BCUT2D eigenvalue weighted by Crippen LogP contribution is -1.86. The molecular weight excluding hydrogens is 114 g/mol. The number of aryl methyl sites for hydroxylation is 1. The number of aromatic nitrogens is 3. The lowest BCUT2D eigenvalue weighted by Gasteiger charge is -1.87. The van der Waals surface area contributed by atoms with E-state index in [0.717, 1.165) is 25.1 Å². The fourth-order valence-electron chi connectivity index (χ4n) is 0.639. The molecule has 0 atom stereocenters. The Bertz CT molecular complexity index is 145. The van der Waals surface area contributed by atoms with Crippen LogP contribution in [0.1, 0.15) is 18.7 Å². The Morgan fingerprint density at radius 3 is 3.11 bits per heavy atom. The van der Waals surface area contributed by atoms with E-state index in [4.69, 9.17) is 0 Å². The van der Waals surface area contributed by atoms with Gasteiger partial charge in [-0.3, -0.25) is 5.10 Å². The topological polar surface area (TPSA) is 41.6 Å². The number of unbranched alkanes of at least 4 members (excludes halogenated alkanes) is 1. The molecule has 49 valence electrons. The molecule has 3 nitrogen and oxygen atoms in total. The molecule has 1 rings (SSSR count). The molecule has 1 aromatic rings. The summed E-state index contributed by atoms with van der Waals surface area (Å²) in [5.74, 6) is 0.888. The molecule has 0 fully saturated rings. The van der Waals surface area contributed by atoms with Crippen molar-refractivity contribution in [3.05, 3.63) is 19.1 Å². The van der Waals surface area contributed by atoms with Crippen molar-refractivity contribution in [1.29, 1.82) is 0 Å². The van der Waals surface area contributed by atoms with Gasteiger partial charge in [0.05, 0.1) is 0 Å². The summed E-state index contributed by atoms with van der Waals surface area (Å²) in [5, 5.41) is 6.55. The van der Waals surface area contributed by atoms with E-state index in [9.17, 15) is 0 Å². The highest BCUT2D eigenvalue weighted by Gasteiger charge is 1.92. The highest BCUT2D eigenvalue weighted by molar-refractivity contribution is 4.79. The molecule has 0 unspecified atom stereocenters. The molecule has 0 aliphatic carbocycles. The van der Waals surface area contributed by atoms with Crippen LogP contribution in [-0.4, -0.2) is 15.2 Å². The minimum absolute atomic E-state index is 0.888. The van der Waals surface area contributed by atoms with Crippen LogP contribution >= 0.6 is 0 Å². The van der Waals surface area contributed by atoms with Crippen molar-refractivity contribution in [3.63, 3.8) is 0 Å². The van der Waals surface area contributed by atoms with Crippen molar-refractivity contribution < 1.29 is 0 Å². The Balaban J connectivity index is 2.30. The van der Waals surface area contributed by atoms with Gasteiger partial charge in [0.2, 0.25) is 0 Å². The maximum absolute atomic E-state index is 3.96. The minimum atomic E-state index is 0.888. The molecule has 0 saturated carbocycles. The maximum atomic E-state index is 3.96. The molecule has 0 amide bonds. The van der Waals surface area contributed by atoms with E-state index in [1.807, 2.05) is 0 Å². The Labute approximate surface area is 54.5 Å². The Morgan fingerprint density at radius 1 is 1.67 bits per heavy atom. The number of nitrogens with zero attached hydrogens (tertiary/aromatic N) is 2. The third-order valence-electron chi connectivity index (χ3n) is 1.12. The summed E-state index contributed by atoms with van der Waals surface area (Å²) < 4.78 is 0. The second-order valence-corrected chi connectivity index (χ2v) is 1.87. The first-order valence-corrected chi connectivity index (χ1v) is 3.07. The number of nitrogens with one attached hydrogen (secondary N) is 1. The Morgan fingerprint density at radius 2 is 2.56 bits per heavy atom. The molecule has 3 heteroatoms. The molecule has 1 radical (unpaired) electrons. The molecular formula is C6H10N3. The van der Waals surface area contributed by atoms with Crippen LogP contribution in [0.15, 0.2) is 6.33 Å². The van der Waals surface area contributed by atoms with Gasteiger partial charge in [-0.2, -0.15) is 5.10 Å². The molecule has 0 spiro atoms. The Hall–Kier alpha value is -0.860. The van der Waals surface area contributed by atoms with Crippen LogP contribution in [0.25, 0.3) is 0 Å². The zero-order chi connectivity index (χ0) is 6.53. The zero-order valence-electron chi connectivity index (χ0n) is 5.30. The van der Waals surface area contributed by atoms with Crippen molar-refractivity contribution in [2.45, 2.75) is 19.3 Å². The molecule has 0 aromatic carbocycles. The fraction of sp³-hybridized carbons (Fsp3) is 0.500. The third kappa shape index (κ3) is 1.83. The first kappa shape index (κ1) is 6.26. The van der Waals surface area contributed by atoms with Gasteiger partial charge in [0, 0.05) is 6.42 Å². The van der Waals surface area contributed by atoms with Crippen LogP contribution in [0.5, 0.6) is 0 Å². The Kier molecular flexibility index (Phi) is 2.24. The second kappa shape index (κ2) is 3.22. The zero-order valence-corrected chi connectivity index (χ0v) is 5.30. The predicted molar refractivity (Wildman–Crippen MR) is 34.7 cm³/mol. The summed E-state index contributed by atoms with van der Waals surface area (Å²) in [5.41, 5.74) is 0. The average molecular weight is 124 g/mol. The van der Waals surface area contributed by atoms with Gasteiger partial charge in [0.25, 0.3) is 0 Å². The van der Waals surface area contributed by atoms with Gasteiger partial charge in [0.1, 0.15) is 12.2 Å². The van der Waals surface area contributed by atoms with E-state index in [1.165, 1.54) is 0 Å². The third-order valence-corrected chi connectivity index (χ3v) is 1.12. The van der Waals surface area contributed by atoms with Gasteiger partial charge in [-0.1, -0.05) is 13.3 Å². The fourth-order valence-corrected chi connectivity index (χ4v) is 0.639. The van der Waals surface area contributed by atoms with Crippen LogP contribution < -0.4 is 0 Å². The van der Waals surface area contributed by atoms with Crippen molar-refractivity contribution in [2.24, 2.45) is 0 Å². The van der Waals surface area contributed by atoms with Gasteiger partial charge in [-0.25, -0.2) is 4.98 Å². The summed E-state index contributed by atoms with van der Waals surface area (Å²) in [4.78, 5) is 3.96. The molecule has 9 heavy (non-hydrogen) atoms. The largest absolute Gasteiger partial charge is 0.266 e. The summed E-state index contributed by atoms with van der Waals surface area (Å²) in [6.07, 6.45) is 4.55. The number of H-pyrrole nitrogens is 1. The van der Waals surface area contributed by atoms with Gasteiger partial charge in [-0.15, -0.1) is 0 Å². The number of aromatic amines is 1. The molecule has 0 aliphatic rings. The lowest BCUT2D eigenvalue weighted by atomic mass is 10.2. The van der Waals surface area contributed by atoms with Crippen LogP contribution in [0.3, 0.4) is 0 Å². The molecule has 1 N–H and O–H groups in total. The van der Waals surface area contributed by atoms with E-state index >= 15 is 0 Å². The van der Waals surface area contributed by atoms with Crippen molar-refractivity contribution in [1.82, 2.24) is 15.2 Å².